The van der Waals surface area contributed by atoms with Crippen molar-refractivity contribution in [3.8, 4) is 0 Å². The van der Waals surface area contributed by atoms with Crippen LogP contribution in [0.4, 0.5) is 5.95 Å². The summed E-state index contributed by atoms with van der Waals surface area (Å²) in [5, 5.41) is 11.7. The molecule has 2 N–H and O–H groups in total. The number of nitrogens with one attached hydrogen (secondary N) is 1. The van der Waals surface area contributed by atoms with Crippen LogP contribution < -0.4 is 5.32 Å². The predicted molar refractivity (Wildman–Crippen MR) is 65.0 cm³/mol. The molecule has 2 rings (SSSR count). The molecule has 0 unspecified atom stereocenters. The summed E-state index contributed by atoms with van der Waals surface area (Å²) < 4.78 is 5.33. The molecule has 0 bridgehead atoms. The van der Waals surface area contributed by atoms with Crippen molar-refractivity contribution in [1.29, 1.82) is 0 Å². The van der Waals surface area contributed by atoms with E-state index in [-0.39, 0.29) is 6.61 Å². The quantitative estimate of drug-likeness (QED) is 0.752. The number of hydrogen-bond acceptors (Lipinski definition) is 5. The summed E-state index contributed by atoms with van der Waals surface area (Å²) in [5.41, 5.74) is 1.20. The molecule has 0 saturated carbocycles. The Morgan fingerprint density at radius 2 is 2.00 bits per heavy atom. The van der Waals surface area contributed by atoms with Crippen molar-refractivity contribution >= 4 is 5.95 Å². The summed E-state index contributed by atoms with van der Waals surface area (Å²) >= 11 is 0. The summed E-state index contributed by atoms with van der Waals surface area (Å²) in [6.07, 6.45) is 6.61. The zero-order chi connectivity index (χ0) is 11.9. The highest BCUT2D eigenvalue weighted by Crippen LogP contribution is 2.25. The van der Waals surface area contributed by atoms with Gasteiger partial charge in [0.25, 0.3) is 0 Å². The van der Waals surface area contributed by atoms with Crippen molar-refractivity contribution in [2.45, 2.75) is 25.2 Å². The molecule has 0 spiro atoms. The van der Waals surface area contributed by atoms with Crippen LogP contribution in [0.5, 0.6) is 0 Å². The molecule has 17 heavy (non-hydrogen) atoms. The van der Waals surface area contributed by atoms with Crippen molar-refractivity contribution in [3.63, 3.8) is 0 Å². The zero-order valence-electron chi connectivity index (χ0n) is 9.93. The number of aliphatic hydroxyl groups is 1. The van der Waals surface area contributed by atoms with Gasteiger partial charge in [-0.2, -0.15) is 0 Å². The number of nitrogens with zero attached hydrogens (tertiary/aromatic N) is 2. The van der Waals surface area contributed by atoms with Crippen molar-refractivity contribution in [3.05, 3.63) is 18.0 Å². The smallest absolute Gasteiger partial charge is 0.222 e. The average Bonchev–Trinajstić information content (AvgIpc) is 2.41. The third kappa shape index (κ3) is 3.64. The molecule has 0 aromatic carbocycles. The lowest BCUT2D eigenvalue weighted by Gasteiger charge is -2.21. The summed E-state index contributed by atoms with van der Waals surface area (Å²) in [5.74, 6) is 1.17. The van der Waals surface area contributed by atoms with E-state index in [0.29, 0.717) is 24.8 Å². The Bertz CT molecular complexity index is 323. The Balaban J connectivity index is 1.88. The van der Waals surface area contributed by atoms with Crippen LogP contribution in [-0.2, 0) is 4.74 Å². The third-order valence-electron chi connectivity index (χ3n) is 2.98. The van der Waals surface area contributed by atoms with Gasteiger partial charge in [0.2, 0.25) is 5.95 Å². The van der Waals surface area contributed by atoms with Crippen LogP contribution in [0.25, 0.3) is 0 Å². The fraction of sp³-hybridized carbons (Fsp3) is 0.667. The molecular weight excluding hydrogens is 218 g/mol. The lowest BCUT2D eigenvalue weighted by molar-refractivity contribution is 0.0852. The largest absolute Gasteiger partial charge is 0.396 e. The summed E-state index contributed by atoms with van der Waals surface area (Å²) in [4.78, 5) is 8.56. The highest BCUT2D eigenvalue weighted by atomic mass is 16.5. The van der Waals surface area contributed by atoms with Crippen LogP contribution in [0.15, 0.2) is 12.4 Å². The number of rotatable bonds is 5. The number of ether oxygens (including phenoxy) is 1. The van der Waals surface area contributed by atoms with Gasteiger partial charge in [-0.25, -0.2) is 9.97 Å². The van der Waals surface area contributed by atoms with Crippen LogP contribution >= 0.6 is 0 Å². The molecule has 1 aliphatic heterocycles. The topological polar surface area (TPSA) is 67.3 Å². The molecule has 5 heteroatoms. The Labute approximate surface area is 101 Å². The van der Waals surface area contributed by atoms with Crippen LogP contribution in [0.1, 0.15) is 30.7 Å². The van der Waals surface area contributed by atoms with E-state index in [0.717, 1.165) is 26.1 Å². The van der Waals surface area contributed by atoms with Gasteiger partial charge >= 0.3 is 0 Å². The monoisotopic (exact) mass is 237 g/mol. The molecule has 0 atom stereocenters. The van der Waals surface area contributed by atoms with E-state index in [9.17, 15) is 0 Å². The second-order valence-electron chi connectivity index (χ2n) is 4.23. The molecule has 1 aromatic heterocycles. The van der Waals surface area contributed by atoms with Gasteiger partial charge in [0.05, 0.1) is 0 Å². The van der Waals surface area contributed by atoms with Gasteiger partial charge in [0.15, 0.2) is 0 Å². The fourth-order valence-corrected chi connectivity index (χ4v) is 1.95. The summed E-state index contributed by atoms with van der Waals surface area (Å²) in [7, 11) is 0. The molecule has 0 aliphatic carbocycles. The van der Waals surface area contributed by atoms with Crippen molar-refractivity contribution in [2.75, 3.05) is 31.7 Å². The van der Waals surface area contributed by atoms with E-state index in [1.54, 1.807) is 0 Å². The molecule has 1 aromatic rings. The molecule has 0 amide bonds. The van der Waals surface area contributed by atoms with Gasteiger partial charge in [-0.3, -0.25) is 0 Å². The van der Waals surface area contributed by atoms with E-state index in [4.69, 9.17) is 9.84 Å². The van der Waals surface area contributed by atoms with Gasteiger partial charge < -0.3 is 15.2 Å². The Morgan fingerprint density at radius 1 is 1.29 bits per heavy atom. The lowest BCUT2D eigenvalue weighted by atomic mass is 9.94. The highest BCUT2D eigenvalue weighted by molar-refractivity contribution is 5.25. The van der Waals surface area contributed by atoms with Crippen molar-refractivity contribution < 1.29 is 9.84 Å². The maximum Gasteiger partial charge on any atom is 0.222 e. The minimum Gasteiger partial charge on any atom is -0.396 e. The van der Waals surface area contributed by atoms with Crippen LogP contribution in [0.2, 0.25) is 0 Å². The first-order chi connectivity index (χ1) is 8.40. The standard InChI is InChI=1S/C12H19N3O2/c16-5-1-4-13-12-14-8-11(9-15-12)10-2-6-17-7-3-10/h8-10,16H,1-7H2,(H,13,14,15). The van der Waals surface area contributed by atoms with Crippen molar-refractivity contribution in [1.82, 2.24) is 9.97 Å². The predicted octanol–water partition coefficient (Wildman–Crippen LogP) is 1.16. The Hall–Kier alpha value is -1.20. The lowest BCUT2D eigenvalue weighted by Crippen LogP contribution is -2.15. The van der Waals surface area contributed by atoms with E-state index < -0.39 is 0 Å². The first kappa shape index (κ1) is 12.3. The van der Waals surface area contributed by atoms with Crippen LogP contribution in [0.3, 0.4) is 0 Å². The first-order valence-electron chi connectivity index (χ1n) is 6.14. The highest BCUT2D eigenvalue weighted by Gasteiger charge is 2.16. The summed E-state index contributed by atoms with van der Waals surface area (Å²) in [6, 6.07) is 0. The number of hydrogen-bond donors (Lipinski definition) is 2. The maximum absolute atomic E-state index is 8.67. The second kappa shape index (κ2) is 6.51. The van der Waals surface area contributed by atoms with E-state index >= 15 is 0 Å². The van der Waals surface area contributed by atoms with Gasteiger partial charge in [0, 0.05) is 38.8 Å². The van der Waals surface area contributed by atoms with E-state index in [1.165, 1.54) is 5.56 Å². The molecule has 5 nitrogen and oxygen atoms in total. The zero-order valence-corrected chi connectivity index (χ0v) is 9.93. The van der Waals surface area contributed by atoms with Crippen molar-refractivity contribution in [2.24, 2.45) is 0 Å². The van der Waals surface area contributed by atoms with Crippen LogP contribution in [0, 0.1) is 0 Å². The number of aromatic nitrogens is 2. The number of aliphatic hydroxyl groups excluding tert-OH is 1. The van der Waals surface area contributed by atoms with Gasteiger partial charge in [0.1, 0.15) is 0 Å². The van der Waals surface area contributed by atoms with Gasteiger partial charge in [-0.05, 0) is 30.7 Å². The molecule has 94 valence electrons. The first-order valence-corrected chi connectivity index (χ1v) is 6.14. The average molecular weight is 237 g/mol. The van der Waals surface area contributed by atoms with E-state index in [2.05, 4.69) is 15.3 Å². The van der Waals surface area contributed by atoms with E-state index in [1.807, 2.05) is 12.4 Å². The molecule has 1 aliphatic rings. The number of anilines is 1. The Kier molecular flexibility index (Phi) is 4.70. The molecule has 1 saturated heterocycles. The second-order valence-corrected chi connectivity index (χ2v) is 4.23. The van der Waals surface area contributed by atoms with Gasteiger partial charge in [-0.15, -0.1) is 0 Å². The normalized spacial score (nSPS) is 17.0. The third-order valence-corrected chi connectivity index (χ3v) is 2.98. The summed E-state index contributed by atoms with van der Waals surface area (Å²) in [6.45, 7) is 2.56. The molecular formula is C12H19N3O2. The maximum atomic E-state index is 8.67. The SMILES string of the molecule is OCCCNc1ncc(C2CCOCC2)cn1. The molecule has 0 radical (unpaired) electrons. The molecule has 2 heterocycles. The fourth-order valence-electron chi connectivity index (χ4n) is 1.95. The minimum absolute atomic E-state index is 0.188. The van der Waals surface area contributed by atoms with Gasteiger partial charge in [-0.1, -0.05) is 0 Å². The van der Waals surface area contributed by atoms with Crippen LogP contribution in [-0.4, -0.2) is 41.4 Å². The minimum atomic E-state index is 0.188. The molecule has 1 fully saturated rings. The Morgan fingerprint density at radius 3 is 2.65 bits per heavy atom.